The zero-order valence-corrected chi connectivity index (χ0v) is 9.82. The molecule has 1 rings (SSSR count). The van der Waals surface area contributed by atoms with Crippen LogP contribution in [-0.4, -0.2) is 42.9 Å². The van der Waals surface area contributed by atoms with Crippen molar-refractivity contribution in [2.24, 2.45) is 11.8 Å². The van der Waals surface area contributed by atoms with Crippen LogP contribution >= 0.6 is 0 Å². The summed E-state index contributed by atoms with van der Waals surface area (Å²) in [6, 6.07) is -0.0991. The summed E-state index contributed by atoms with van der Waals surface area (Å²) in [5.41, 5.74) is 2.13. The van der Waals surface area contributed by atoms with E-state index in [4.69, 9.17) is 5.84 Å². The van der Waals surface area contributed by atoms with Crippen LogP contribution in [0.2, 0.25) is 0 Å². The Labute approximate surface area is 95.5 Å². The van der Waals surface area contributed by atoms with Gasteiger partial charge in [-0.1, -0.05) is 6.92 Å². The monoisotopic (exact) mass is 228 g/mol. The van der Waals surface area contributed by atoms with Crippen LogP contribution in [0.4, 0.5) is 0 Å². The van der Waals surface area contributed by atoms with Gasteiger partial charge in [0.25, 0.3) is 0 Å². The minimum atomic E-state index is -0.199. The number of hydrazine groups is 1. The van der Waals surface area contributed by atoms with E-state index in [2.05, 4.69) is 10.7 Å². The van der Waals surface area contributed by atoms with Crippen LogP contribution in [-0.2, 0) is 9.59 Å². The van der Waals surface area contributed by atoms with Gasteiger partial charge in [-0.2, -0.15) is 0 Å². The van der Waals surface area contributed by atoms with Crippen LogP contribution in [0, 0.1) is 5.92 Å². The van der Waals surface area contributed by atoms with Crippen LogP contribution in [0.25, 0.3) is 0 Å². The van der Waals surface area contributed by atoms with Crippen LogP contribution < -0.4 is 16.6 Å². The number of nitrogens with two attached hydrogens (primary N) is 1. The number of likely N-dealkylation sites (N-methyl/N-ethyl adjacent to an activating group) is 1. The average Bonchev–Trinajstić information content (AvgIpc) is 2.74. The molecular weight excluding hydrogens is 208 g/mol. The fourth-order valence-electron chi connectivity index (χ4n) is 2.09. The van der Waals surface area contributed by atoms with E-state index in [9.17, 15) is 9.59 Å². The van der Waals surface area contributed by atoms with Gasteiger partial charge in [0, 0.05) is 19.5 Å². The predicted molar refractivity (Wildman–Crippen MR) is 60.2 cm³/mol. The summed E-state index contributed by atoms with van der Waals surface area (Å²) in [7, 11) is 1.63. The highest BCUT2D eigenvalue weighted by molar-refractivity contribution is 5.82. The Bertz CT molecular complexity index is 270. The third-order valence-corrected chi connectivity index (χ3v) is 3.01. The van der Waals surface area contributed by atoms with Crippen molar-refractivity contribution >= 4 is 11.8 Å². The van der Waals surface area contributed by atoms with Crippen molar-refractivity contribution in [1.29, 1.82) is 0 Å². The normalized spacial score (nSPS) is 22.8. The van der Waals surface area contributed by atoms with E-state index >= 15 is 0 Å². The number of nitrogens with one attached hydrogen (secondary N) is 2. The van der Waals surface area contributed by atoms with Gasteiger partial charge in [-0.25, -0.2) is 5.84 Å². The predicted octanol–water partition coefficient (Wildman–Crippen LogP) is -1.18. The van der Waals surface area contributed by atoms with E-state index in [0.717, 1.165) is 19.4 Å². The van der Waals surface area contributed by atoms with E-state index in [-0.39, 0.29) is 23.8 Å². The number of hydrogen-bond donors (Lipinski definition) is 3. The van der Waals surface area contributed by atoms with E-state index in [1.165, 1.54) is 0 Å². The first-order valence-electron chi connectivity index (χ1n) is 5.56. The third-order valence-electron chi connectivity index (χ3n) is 3.01. The Morgan fingerprint density at radius 1 is 1.56 bits per heavy atom. The molecule has 0 radical (unpaired) electrons. The lowest BCUT2D eigenvalue weighted by atomic mass is 10.1. The molecule has 92 valence electrons. The first-order chi connectivity index (χ1) is 7.60. The van der Waals surface area contributed by atoms with Crippen LogP contribution in [0.15, 0.2) is 0 Å². The molecule has 0 spiro atoms. The summed E-state index contributed by atoms with van der Waals surface area (Å²) in [6.45, 7) is 3.24. The number of likely N-dealkylation sites (tertiary alicyclic amines) is 1. The molecule has 1 heterocycles. The van der Waals surface area contributed by atoms with Crippen molar-refractivity contribution in [3.05, 3.63) is 0 Å². The summed E-state index contributed by atoms with van der Waals surface area (Å²) in [4.78, 5) is 24.9. The largest absolute Gasteiger partial charge is 0.358 e. The molecule has 0 saturated carbocycles. The van der Waals surface area contributed by atoms with Gasteiger partial charge in [0.15, 0.2) is 0 Å². The second-order valence-corrected chi connectivity index (χ2v) is 4.18. The van der Waals surface area contributed by atoms with Gasteiger partial charge in [-0.05, 0) is 19.4 Å². The Balaban J connectivity index is 2.52. The van der Waals surface area contributed by atoms with Crippen LogP contribution in [0.1, 0.15) is 19.8 Å². The number of amides is 2. The van der Waals surface area contributed by atoms with Gasteiger partial charge in [-0.15, -0.1) is 0 Å². The van der Waals surface area contributed by atoms with Gasteiger partial charge < -0.3 is 5.32 Å². The molecule has 1 fully saturated rings. The van der Waals surface area contributed by atoms with Crippen molar-refractivity contribution in [2.75, 3.05) is 20.1 Å². The highest BCUT2D eigenvalue weighted by atomic mass is 16.2. The Hall–Kier alpha value is -1.14. The van der Waals surface area contributed by atoms with E-state index in [1.807, 2.05) is 4.90 Å². The van der Waals surface area contributed by atoms with Gasteiger partial charge in [0.2, 0.25) is 11.8 Å². The molecule has 1 saturated heterocycles. The van der Waals surface area contributed by atoms with Gasteiger partial charge in [0.1, 0.15) is 0 Å². The maximum absolute atomic E-state index is 11.6. The molecule has 1 aliphatic heterocycles. The zero-order valence-electron chi connectivity index (χ0n) is 9.82. The third kappa shape index (κ3) is 2.93. The molecule has 0 aromatic rings. The maximum atomic E-state index is 11.6. The topological polar surface area (TPSA) is 87.5 Å². The summed E-state index contributed by atoms with van der Waals surface area (Å²) in [5, 5.41) is 2.65. The van der Waals surface area contributed by atoms with Gasteiger partial charge >= 0.3 is 0 Å². The molecule has 0 bridgehead atoms. The molecule has 2 unspecified atom stereocenters. The molecule has 1 aliphatic rings. The molecule has 16 heavy (non-hydrogen) atoms. The molecule has 6 heteroatoms. The Morgan fingerprint density at radius 3 is 2.81 bits per heavy atom. The molecular formula is C10H20N4O2. The standard InChI is InChI=1S/C10H20N4O2/c1-7(9(15)13-11)6-14-5-3-4-8(14)10(16)12-2/h7-8H,3-6,11H2,1-2H3,(H,12,16)(H,13,15). The molecule has 0 aliphatic carbocycles. The molecule has 2 amide bonds. The van der Waals surface area contributed by atoms with Crippen molar-refractivity contribution in [2.45, 2.75) is 25.8 Å². The first kappa shape index (κ1) is 12.9. The molecule has 4 N–H and O–H groups in total. The zero-order chi connectivity index (χ0) is 12.1. The fourth-order valence-corrected chi connectivity index (χ4v) is 2.09. The number of hydrogen-bond acceptors (Lipinski definition) is 4. The molecule has 0 aromatic heterocycles. The van der Waals surface area contributed by atoms with Crippen molar-refractivity contribution < 1.29 is 9.59 Å². The average molecular weight is 228 g/mol. The second kappa shape index (κ2) is 5.81. The van der Waals surface area contributed by atoms with E-state index in [1.54, 1.807) is 14.0 Å². The Morgan fingerprint density at radius 2 is 2.25 bits per heavy atom. The van der Waals surface area contributed by atoms with Crippen molar-refractivity contribution in [1.82, 2.24) is 15.6 Å². The fraction of sp³-hybridized carbons (Fsp3) is 0.800. The smallest absolute Gasteiger partial charge is 0.237 e. The lowest BCUT2D eigenvalue weighted by Gasteiger charge is -2.25. The highest BCUT2D eigenvalue weighted by Crippen LogP contribution is 2.18. The molecule has 2 atom stereocenters. The summed E-state index contributed by atoms with van der Waals surface area (Å²) < 4.78 is 0. The number of nitrogens with zero attached hydrogens (tertiary/aromatic N) is 1. The first-order valence-corrected chi connectivity index (χ1v) is 5.56. The van der Waals surface area contributed by atoms with Crippen molar-refractivity contribution in [3.63, 3.8) is 0 Å². The summed E-state index contributed by atoms with van der Waals surface area (Å²) >= 11 is 0. The number of carbonyl (C=O) groups is 2. The second-order valence-electron chi connectivity index (χ2n) is 4.18. The van der Waals surface area contributed by atoms with Crippen molar-refractivity contribution in [3.8, 4) is 0 Å². The summed E-state index contributed by atoms with van der Waals surface area (Å²) in [6.07, 6.45) is 1.85. The number of carbonyl (C=O) groups excluding carboxylic acids is 2. The maximum Gasteiger partial charge on any atom is 0.237 e. The van der Waals surface area contributed by atoms with E-state index < -0.39 is 0 Å². The minimum absolute atomic E-state index is 0.0258. The lowest BCUT2D eigenvalue weighted by Crippen LogP contribution is -2.46. The lowest BCUT2D eigenvalue weighted by molar-refractivity contribution is -0.128. The Kier molecular flexibility index (Phi) is 4.70. The van der Waals surface area contributed by atoms with Gasteiger partial charge in [-0.3, -0.25) is 19.9 Å². The minimum Gasteiger partial charge on any atom is -0.358 e. The summed E-state index contributed by atoms with van der Waals surface area (Å²) in [5.74, 6) is 4.71. The van der Waals surface area contributed by atoms with Crippen LogP contribution in [0.3, 0.4) is 0 Å². The van der Waals surface area contributed by atoms with Crippen LogP contribution in [0.5, 0.6) is 0 Å². The molecule has 0 aromatic carbocycles. The number of rotatable bonds is 4. The van der Waals surface area contributed by atoms with E-state index in [0.29, 0.717) is 6.54 Å². The van der Waals surface area contributed by atoms with Gasteiger partial charge in [0.05, 0.1) is 6.04 Å². The molecule has 6 nitrogen and oxygen atoms in total. The highest BCUT2D eigenvalue weighted by Gasteiger charge is 2.31. The SMILES string of the molecule is CNC(=O)C1CCCN1CC(C)C(=O)NN. The quantitative estimate of drug-likeness (QED) is 0.321.